The van der Waals surface area contributed by atoms with E-state index in [0.717, 1.165) is 54.2 Å². The highest BCUT2D eigenvalue weighted by molar-refractivity contribution is 7.83. The minimum absolute atomic E-state index is 0.119. The monoisotopic (exact) mass is 512 g/mol. The van der Waals surface area contributed by atoms with Gasteiger partial charge >= 0.3 is 6.09 Å². The van der Waals surface area contributed by atoms with E-state index < -0.39 is 11.0 Å². The normalized spacial score (nSPS) is 24.1. The second-order valence-electron chi connectivity index (χ2n) is 9.40. The highest BCUT2D eigenvalue weighted by Gasteiger charge is 2.50. The van der Waals surface area contributed by atoms with Crippen LogP contribution in [0, 0.1) is 0 Å². The number of hydrogen-bond acceptors (Lipinski definition) is 6. The Balaban J connectivity index is 1.15. The van der Waals surface area contributed by atoms with E-state index in [1.54, 1.807) is 12.4 Å². The Morgan fingerprint density at radius 3 is 2.40 bits per heavy atom. The number of amides is 2. The van der Waals surface area contributed by atoms with E-state index in [1.807, 2.05) is 36.4 Å². The number of nitrogens with one attached hydrogen (secondary N) is 3. The fourth-order valence-corrected chi connectivity index (χ4v) is 7.19. The van der Waals surface area contributed by atoms with Crippen LogP contribution in [-0.4, -0.2) is 39.4 Å². The first-order chi connectivity index (χ1) is 16.9. The van der Waals surface area contributed by atoms with Gasteiger partial charge in [0, 0.05) is 30.0 Å². The first-order valence-corrected chi connectivity index (χ1v) is 13.6. The van der Waals surface area contributed by atoms with Crippen LogP contribution in [0.3, 0.4) is 0 Å². The first-order valence-electron chi connectivity index (χ1n) is 11.7. The summed E-state index contributed by atoms with van der Waals surface area (Å²) in [5.74, 6) is -0.119. The maximum absolute atomic E-state index is 13.1. The van der Waals surface area contributed by atoms with Crippen molar-refractivity contribution in [1.29, 1.82) is 0 Å². The fourth-order valence-electron chi connectivity index (χ4n) is 5.05. The highest BCUT2D eigenvalue weighted by Crippen LogP contribution is 2.47. The van der Waals surface area contributed by atoms with Crippen molar-refractivity contribution in [3.05, 3.63) is 59.2 Å². The van der Waals surface area contributed by atoms with E-state index in [0.29, 0.717) is 16.3 Å². The van der Waals surface area contributed by atoms with E-state index in [4.69, 9.17) is 4.74 Å². The molecule has 0 aliphatic heterocycles. The Labute approximate surface area is 210 Å². The van der Waals surface area contributed by atoms with Crippen molar-refractivity contribution in [2.75, 3.05) is 7.11 Å². The predicted octanol–water partition coefficient (Wildman–Crippen LogP) is 4.04. The van der Waals surface area contributed by atoms with Crippen LogP contribution < -0.4 is 15.4 Å². The van der Waals surface area contributed by atoms with Crippen LogP contribution in [0.5, 0.6) is 0 Å². The van der Waals surface area contributed by atoms with E-state index in [9.17, 15) is 13.8 Å². The summed E-state index contributed by atoms with van der Waals surface area (Å²) in [4.78, 5) is 29.7. The Morgan fingerprint density at radius 2 is 1.74 bits per heavy atom. The molecule has 8 nitrogen and oxygen atoms in total. The minimum atomic E-state index is -1.33. The smallest absolute Gasteiger partial charge is 0.407 e. The second-order valence-corrected chi connectivity index (χ2v) is 11.7. The summed E-state index contributed by atoms with van der Waals surface area (Å²) in [6.07, 6.45) is 8.23. The Kier molecular flexibility index (Phi) is 6.61. The van der Waals surface area contributed by atoms with Crippen LogP contribution in [0.2, 0.25) is 0 Å². The molecule has 6 rings (SSSR count). The molecular formula is C25H28N4O4S2. The van der Waals surface area contributed by atoms with Crippen molar-refractivity contribution in [2.45, 2.75) is 61.0 Å². The van der Waals surface area contributed by atoms with Crippen LogP contribution >= 0.6 is 11.3 Å². The number of hydrogen-bond donors (Lipinski definition) is 3. The topological polar surface area (TPSA) is 109 Å². The molecule has 0 spiro atoms. The number of pyridine rings is 1. The number of carbonyl (C=O) groups is 2. The Morgan fingerprint density at radius 1 is 1.06 bits per heavy atom. The Hall–Kier alpha value is -2.82. The molecule has 1 unspecified atom stereocenters. The summed E-state index contributed by atoms with van der Waals surface area (Å²) in [5.41, 5.74) is 0.572. The van der Waals surface area contributed by atoms with Crippen molar-refractivity contribution in [3.63, 3.8) is 0 Å². The molecule has 3 fully saturated rings. The van der Waals surface area contributed by atoms with Gasteiger partial charge in [-0.15, -0.1) is 11.3 Å². The zero-order valence-corrected chi connectivity index (χ0v) is 21.1. The van der Waals surface area contributed by atoms with Gasteiger partial charge in [-0.2, -0.15) is 0 Å². The quantitative estimate of drug-likeness (QED) is 0.443. The lowest BCUT2D eigenvalue weighted by Gasteiger charge is -2.53. The maximum Gasteiger partial charge on any atom is 0.407 e. The van der Waals surface area contributed by atoms with Gasteiger partial charge in [-0.3, -0.25) is 9.78 Å². The molecule has 2 heterocycles. The van der Waals surface area contributed by atoms with Crippen molar-refractivity contribution in [1.82, 2.24) is 20.3 Å². The highest BCUT2D eigenvalue weighted by atomic mass is 32.2. The zero-order valence-electron chi connectivity index (χ0n) is 19.5. The van der Waals surface area contributed by atoms with Gasteiger partial charge in [-0.25, -0.2) is 13.7 Å². The number of aromatic nitrogens is 1. The second kappa shape index (κ2) is 9.67. The van der Waals surface area contributed by atoms with Gasteiger partial charge in [0.2, 0.25) is 0 Å². The summed E-state index contributed by atoms with van der Waals surface area (Å²) in [6, 6.07) is 11.3. The van der Waals surface area contributed by atoms with Crippen molar-refractivity contribution >= 4 is 44.4 Å². The van der Waals surface area contributed by atoms with E-state index in [-0.39, 0.29) is 23.1 Å². The van der Waals surface area contributed by atoms with E-state index in [2.05, 4.69) is 20.3 Å². The van der Waals surface area contributed by atoms with Gasteiger partial charge in [-0.05, 0) is 73.7 Å². The lowest BCUT2D eigenvalue weighted by molar-refractivity contribution is 0.0667. The van der Waals surface area contributed by atoms with E-state index in [1.165, 1.54) is 18.4 Å². The van der Waals surface area contributed by atoms with Crippen LogP contribution in [0.25, 0.3) is 10.1 Å². The van der Waals surface area contributed by atoms with Crippen molar-refractivity contribution < 1.29 is 18.5 Å². The molecule has 2 amide bonds. The lowest BCUT2D eigenvalue weighted by Crippen LogP contribution is -2.63. The lowest BCUT2D eigenvalue weighted by atomic mass is 9.62. The molecule has 1 aromatic carbocycles. The summed E-state index contributed by atoms with van der Waals surface area (Å²) < 4.78 is 22.2. The molecule has 3 aromatic rings. The van der Waals surface area contributed by atoms with Crippen molar-refractivity contribution in [2.24, 2.45) is 0 Å². The zero-order chi connectivity index (χ0) is 24.5. The van der Waals surface area contributed by atoms with Gasteiger partial charge < -0.3 is 15.4 Å². The molecule has 3 aliphatic carbocycles. The standard InChI is InChI=1S/C25H28N4O4S2/c1-33-23(31)28-24-7-10-25(11-8-24,12-9-24)29-35(32)19-4-2-17(3-5-19)15-27-22(30)20-14-18-6-13-26-16-21(18)34-20/h2-6,13-14,16,29H,7-12,15H2,1H3,(H,27,30)(H,28,31). The molecule has 35 heavy (non-hydrogen) atoms. The average Bonchev–Trinajstić information content (AvgIpc) is 3.33. The minimum Gasteiger partial charge on any atom is -0.453 e. The number of methoxy groups -OCH3 is 1. The third-order valence-electron chi connectivity index (χ3n) is 7.25. The van der Waals surface area contributed by atoms with Gasteiger partial charge in [0.15, 0.2) is 0 Å². The van der Waals surface area contributed by atoms with Crippen LogP contribution in [-0.2, 0) is 22.3 Å². The van der Waals surface area contributed by atoms with Crippen LogP contribution in [0.1, 0.15) is 53.8 Å². The molecule has 2 aromatic heterocycles. The molecule has 3 N–H and O–H groups in total. The number of rotatable bonds is 7. The van der Waals surface area contributed by atoms with Gasteiger partial charge in [0.05, 0.1) is 21.6 Å². The number of fused-ring (bicyclic) bond motifs is 4. The summed E-state index contributed by atoms with van der Waals surface area (Å²) in [6.45, 7) is 0.394. The molecule has 1 atom stereocenters. The number of nitrogens with zero attached hydrogens (tertiary/aromatic N) is 1. The fraction of sp³-hybridized carbons (Fsp3) is 0.400. The van der Waals surface area contributed by atoms with Gasteiger partial charge in [-0.1, -0.05) is 12.1 Å². The molecule has 3 aliphatic rings. The van der Waals surface area contributed by atoms with Gasteiger partial charge in [0.25, 0.3) is 5.91 Å². The number of alkyl carbamates (subject to hydrolysis) is 1. The number of ether oxygens (including phenoxy) is 1. The summed E-state index contributed by atoms with van der Waals surface area (Å²) in [7, 11) is 0.0492. The molecule has 184 valence electrons. The first kappa shape index (κ1) is 23.9. The summed E-state index contributed by atoms with van der Waals surface area (Å²) in [5, 5.41) is 6.98. The largest absolute Gasteiger partial charge is 0.453 e. The van der Waals surface area contributed by atoms with E-state index >= 15 is 0 Å². The number of benzene rings is 1. The number of carbonyl (C=O) groups excluding carboxylic acids is 2. The molecule has 10 heteroatoms. The molecule has 3 saturated carbocycles. The van der Waals surface area contributed by atoms with Crippen LogP contribution in [0.4, 0.5) is 4.79 Å². The van der Waals surface area contributed by atoms with Crippen LogP contribution in [0.15, 0.2) is 53.7 Å². The van der Waals surface area contributed by atoms with Crippen molar-refractivity contribution in [3.8, 4) is 0 Å². The maximum atomic E-state index is 13.1. The molecule has 0 radical (unpaired) electrons. The van der Waals surface area contributed by atoms with Gasteiger partial charge in [0.1, 0.15) is 11.0 Å². The predicted molar refractivity (Wildman–Crippen MR) is 135 cm³/mol. The SMILES string of the molecule is COC(=O)NC12CCC(NS(=O)c3ccc(CNC(=O)c4cc5ccncc5s4)cc3)(CC1)CC2. The third-order valence-corrected chi connectivity index (χ3v) is 9.65. The molecule has 0 saturated heterocycles. The third kappa shape index (κ3) is 5.10. The molecular weight excluding hydrogens is 484 g/mol. The average molecular weight is 513 g/mol. The molecule has 2 bridgehead atoms. The Bertz CT molecular complexity index is 1220. The number of thiophene rings is 1. The summed E-state index contributed by atoms with van der Waals surface area (Å²) >= 11 is 1.42.